The summed E-state index contributed by atoms with van der Waals surface area (Å²) in [6, 6.07) is 4.79. The SMILES string of the molecule is C[C@H]1CN2CCC[C@H]2CN1C(=O)c1ccc(Br)s1. The van der Waals surface area contributed by atoms with E-state index in [4.69, 9.17) is 0 Å². The average Bonchev–Trinajstić information content (AvgIpc) is 2.95. The minimum Gasteiger partial charge on any atom is -0.332 e. The van der Waals surface area contributed by atoms with Crippen molar-refractivity contribution in [2.75, 3.05) is 19.6 Å². The third-order valence-corrected chi connectivity index (χ3v) is 5.59. The minimum atomic E-state index is 0.199. The summed E-state index contributed by atoms with van der Waals surface area (Å²) in [7, 11) is 0. The van der Waals surface area contributed by atoms with Gasteiger partial charge in [0.1, 0.15) is 0 Å². The van der Waals surface area contributed by atoms with Gasteiger partial charge in [0, 0.05) is 25.2 Å². The van der Waals surface area contributed by atoms with E-state index in [-0.39, 0.29) is 5.91 Å². The van der Waals surface area contributed by atoms with E-state index in [1.165, 1.54) is 30.7 Å². The van der Waals surface area contributed by atoms with Crippen LogP contribution in [-0.4, -0.2) is 47.4 Å². The number of carbonyl (C=O) groups excluding carboxylic acids is 1. The molecule has 1 aromatic rings. The number of fused-ring (bicyclic) bond motifs is 1. The zero-order valence-corrected chi connectivity index (χ0v) is 12.8. The number of thiophene rings is 1. The van der Waals surface area contributed by atoms with Gasteiger partial charge in [0.15, 0.2) is 0 Å². The van der Waals surface area contributed by atoms with Crippen molar-refractivity contribution in [2.45, 2.75) is 31.8 Å². The Balaban J connectivity index is 1.77. The summed E-state index contributed by atoms with van der Waals surface area (Å²) in [5, 5.41) is 0. The monoisotopic (exact) mass is 328 g/mol. The first-order chi connectivity index (χ1) is 8.65. The van der Waals surface area contributed by atoms with E-state index < -0.39 is 0 Å². The smallest absolute Gasteiger partial charge is 0.264 e. The lowest BCUT2D eigenvalue weighted by atomic mass is 10.1. The van der Waals surface area contributed by atoms with Crippen LogP contribution in [0.2, 0.25) is 0 Å². The van der Waals surface area contributed by atoms with Crippen LogP contribution in [0.5, 0.6) is 0 Å². The van der Waals surface area contributed by atoms with Gasteiger partial charge in [-0.15, -0.1) is 11.3 Å². The van der Waals surface area contributed by atoms with E-state index in [0.717, 1.165) is 21.8 Å². The van der Waals surface area contributed by atoms with Crippen LogP contribution in [-0.2, 0) is 0 Å². The summed E-state index contributed by atoms with van der Waals surface area (Å²) in [4.78, 5) is 18.0. The molecule has 2 fully saturated rings. The molecular weight excluding hydrogens is 312 g/mol. The Bertz CT molecular complexity index is 462. The normalized spacial score (nSPS) is 28.4. The van der Waals surface area contributed by atoms with Crippen molar-refractivity contribution >= 4 is 33.2 Å². The van der Waals surface area contributed by atoms with E-state index in [0.29, 0.717) is 12.1 Å². The van der Waals surface area contributed by atoms with Crippen molar-refractivity contribution in [3.8, 4) is 0 Å². The number of nitrogens with zero attached hydrogens (tertiary/aromatic N) is 2. The Morgan fingerprint density at radius 2 is 2.28 bits per heavy atom. The zero-order chi connectivity index (χ0) is 12.7. The van der Waals surface area contributed by atoms with Gasteiger partial charge in [-0.1, -0.05) is 0 Å². The minimum absolute atomic E-state index is 0.199. The van der Waals surface area contributed by atoms with E-state index >= 15 is 0 Å². The predicted molar refractivity (Wildman–Crippen MR) is 77.1 cm³/mol. The molecule has 2 aliphatic rings. The predicted octanol–water partition coefficient (Wildman–Crippen LogP) is 2.82. The summed E-state index contributed by atoms with van der Waals surface area (Å²) in [6.45, 7) is 5.30. The van der Waals surface area contributed by atoms with Crippen LogP contribution in [0.15, 0.2) is 15.9 Å². The highest BCUT2D eigenvalue weighted by Gasteiger charge is 2.36. The summed E-state index contributed by atoms with van der Waals surface area (Å²) in [5.74, 6) is 0.199. The molecule has 0 unspecified atom stereocenters. The molecule has 0 bridgehead atoms. The number of piperazine rings is 1. The van der Waals surface area contributed by atoms with Crippen LogP contribution in [0.3, 0.4) is 0 Å². The molecule has 0 spiro atoms. The summed E-state index contributed by atoms with van der Waals surface area (Å²) in [6.07, 6.45) is 2.52. The summed E-state index contributed by atoms with van der Waals surface area (Å²) >= 11 is 4.95. The topological polar surface area (TPSA) is 23.6 Å². The number of hydrogen-bond acceptors (Lipinski definition) is 3. The lowest BCUT2D eigenvalue weighted by Crippen LogP contribution is -2.56. The highest BCUT2D eigenvalue weighted by molar-refractivity contribution is 9.11. The van der Waals surface area contributed by atoms with Crippen LogP contribution in [0.4, 0.5) is 0 Å². The van der Waals surface area contributed by atoms with E-state index in [1.54, 1.807) is 0 Å². The van der Waals surface area contributed by atoms with Gasteiger partial charge in [-0.05, 0) is 54.4 Å². The maximum Gasteiger partial charge on any atom is 0.264 e. The lowest BCUT2D eigenvalue weighted by molar-refractivity contribution is 0.0400. The van der Waals surface area contributed by atoms with Gasteiger partial charge in [-0.2, -0.15) is 0 Å². The van der Waals surface area contributed by atoms with Crippen LogP contribution in [0, 0.1) is 0 Å². The van der Waals surface area contributed by atoms with Crippen LogP contribution >= 0.6 is 27.3 Å². The number of rotatable bonds is 1. The van der Waals surface area contributed by atoms with E-state index in [1.807, 2.05) is 12.1 Å². The first-order valence-corrected chi connectivity index (χ1v) is 8.06. The third-order valence-electron chi connectivity index (χ3n) is 3.98. The molecule has 5 heteroatoms. The Hall–Kier alpha value is -0.390. The maximum atomic E-state index is 12.5. The van der Waals surface area contributed by atoms with Crippen LogP contribution in [0.1, 0.15) is 29.4 Å². The molecule has 3 heterocycles. The van der Waals surface area contributed by atoms with Gasteiger partial charge in [0.25, 0.3) is 5.91 Å². The molecule has 0 radical (unpaired) electrons. The second-order valence-electron chi connectivity index (χ2n) is 5.20. The number of halogens is 1. The molecule has 1 amide bonds. The fraction of sp³-hybridized carbons (Fsp3) is 0.615. The van der Waals surface area contributed by atoms with Crippen molar-refractivity contribution < 1.29 is 4.79 Å². The fourth-order valence-corrected chi connectivity index (χ4v) is 4.38. The maximum absolute atomic E-state index is 12.5. The van der Waals surface area contributed by atoms with Gasteiger partial charge in [-0.25, -0.2) is 0 Å². The second-order valence-corrected chi connectivity index (χ2v) is 7.66. The largest absolute Gasteiger partial charge is 0.332 e. The Morgan fingerprint density at radius 1 is 1.44 bits per heavy atom. The molecule has 3 nitrogen and oxygen atoms in total. The summed E-state index contributed by atoms with van der Waals surface area (Å²) < 4.78 is 1.03. The Kier molecular flexibility index (Phi) is 3.47. The van der Waals surface area contributed by atoms with Gasteiger partial charge >= 0.3 is 0 Å². The highest BCUT2D eigenvalue weighted by atomic mass is 79.9. The van der Waals surface area contributed by atoms with E-state index in [2.05, 4.69) is 32.7 Å². The molecule has 3 rings (SSSR count). The molecule has 0 N–H and O–H groups in total. The van der Waals surface area contributed by atoms with Crippen molar-refractivity contribution in [1.29, 1.82) is 0 Å². The standard InChI is InChI=1S/C13H17BrN2OS/c1-9-7-15-6-2-3-10(15)8-16(9)13(17)11-4-5-12(14)18-11/h4-5,9-10H,2-3,6-8H2,1H3/t9-,10-/m0/s1. The lowest BCUT2D eigenvalue weighted by Gasteiger charge is -2.42. The van der Waals surface area contributed by atoms with E-state index in [9.17, 15) is 4.79 Å². The summed E-state index contributed by atoms with van der Waals surface area (Å²) in [5.41, 5.74) is 0. The fourth-order valence-electron chi connectivity index (χ4n) is 3.04. The second kappa shape index (κ2) is 4.94. The molecule has 98 valence electrons. The third kappa shape index (κ3) is 2.24. The van der Waals surface area contributed by atoms with Crippen molar-refractivity contribution in [3.63, 3.8) is 0 Å². The van der Waals surface area contributed by atoms with Gasteiger partial charge in [0.2, 0.25) is 0 Å². The quantitative estimate of drug-likeness (QED) is 0.791. The van der Waals surface area contributed by atoms with Crippen molar-refractivity contribution in [3.05, 3.63) is 20.8 Å². The number of hydrogen-bond donors (Lipinski definition) is 0. The first-order valence-electron chi connectivity index (χ1n) is 6.45. The van der Waals surface area contributed by atoms with Crippen molar-refractivity contribution in [2.24, 2.45) is 0 Å². The molecule has 18 heavy (non-hydrogen) atoms. The Labute approximate surface area is 120 Å². The molecule has 1 aromatic heterocycles. The molecule has 2 saturated heterocycles. The molecule has 2 aliphatic heterocycles. The Morgan fingerprint density at radius 3 is 3.00 bits per heavy atom. The first kappa shape index (κ1) is 12.6. The van der Waals surface area contributed by atoms with Gasteiger partial charge < -0.3 is 4.90 Å². The molecular formula is C13H17BrN2OS. The van der Waals surface area contributed by atoms with Crippen LogP contribution in [0.25, 0.3) is 0 Å². The zero-order valence-electron chi connectivity index (χ0n) is 10.4. The number of carbonyl (C=O) groups is 1. The highest BCUT2D eigenvalue weighted by Crippen LogP contribution is 2.28. The van der Waals surface area contributed by atoms with Crippen molar-refractivity contribution in [1.82, 2.24) is 9.80 Å². The van der Waals surface area contributed by atoms with Gasteiger partial charge in [-0.3, -0.25) is 9.69 Å². The molecule has 0 aromatic carbocycles. The number of amides is 1. The van der Waals surface area contributed by atoms with Gasteiger partial charge in [0.05, 0.1) is 8.66 Å². The average molecular weight is 329 g/mol. The molecule has 2 atom stereocenters. The van der Waals surface area contributed by atoms with Crippen LogP contribution < -0.4 is 0 Å². The molecule has 0 aliphatic carbocycles. The molecule has 0 saturated carbocycles.